The number of rotatable bonds is 6. The predicted molar refractivity (Wildman–Crippen MR) is 76.9 cm³/mol. The molecule has 1 heterocycles. The summed E-state index contributed by atoms with van der Waals surface area (Å²) in [7, 11) is 0. The van der Waals surface area contributed by atoms with E-state index in [1.54, 1.807) is 0 Å². The Bertz CT molecular complexity index is 341. The molecule has 0 spiro atoms. The van der Waals surface area contributed by atoms with Crippen molar-refractivity contribution in [2.75, 3.05) is 26.2 Å². The first-order chi connectivity index (χ1) is 9.28. The van der Waals surface area contributed by atoms with Crippen LogP contribution >= 0.6 is 0 Å². The van der Waals surface area contributed by atoms with Crippen LogP contribution in [0.2, 0.25) is 0 Å². The first-order valence-corrected chi connectivity index (χ1v) is 7.38. The smallest absolute Gasteiger partial charge is 0.120 e. The molecule has 3 heteroatoms. The number of carbonyl (C=O) groups is 1. The zero-order valence-electron chi connectivity index (χ0n) is 11.6. The molecule has 19 heavy (non-hydrogen) atoms. The summed E-state index contributed by atoms with van der Waals surface area (Å²) in [4.78, 5) is 13.3. The molecule has 1 saturated heterocycles. The van der Waals surface area contributed by atoms with Crippen LogP contribution in [-0.4, -0.2) is 42.5 Å². The van der Waals surface area contributed by atoms with Crippen LogP contribution in [0, 0.1) is 11.3 Å². The number of aliphatic hydroxyl groups excluding tert-OH is 1. The van der Waals surface area contributed by atoms with Gasteiger partial charge in [-0.3, -0.25) is 0 Å². The lowest BCUT2D eigenvalue weighted by Crippen LogP contribution is -2.42. The molecular weight excluding hydrogens is 238 g/mol. The fraction of sp³-hybridized carbons (Fsp3) is 0.688. The number of allylic oxidation sites excluding steroid dienone is 3. The van der Waals surface area contributed by atoms with E-state index in [2.05, 4.69) is 29.2 Å². The average molecular weight is 263 g/mol. The molecule has 1 atom stereocenters. The maximum Gasteiger partial charge on any atom is 0.120 e. The summed E-state index contributed by atoms with van der Waals surface area (Å²) in [5.41, 5.74) is 0.0648. The summed E-state index contributed by atoms with van der Waals surface area (Å²) < 4.78 is 0. The first kappa shape index (κ1) is 14.5. The van der Waals surface area contributed by atoms with Gasteiger partial charge in [-0.05, 0) is 50.1 Å². The second-order valence-corrected chi connectivity index (χ2v) is 5.95. The van der Waals surface area contributed by atoms with Gasteiger partial charge in [-0.15, -0.1) is 0 Å². The number of piperidine rings is 1. The van der Waals surface area contributed by atoms with E-state index in [-0.39, 0.29) is 12.0 Å². The Morgan fingerprint density at radius 2 is 2.11 bits per heavy atom. The lowest BCUT2D eigenvalue weighted by molar-refractivity contribution is -0.111. The number of likely N-dealkylation sites (tertiary alicyclic amines) is 1. The average Bonchev–Trinajstić information content (AvgIpc) is 2.43. The second kappa shape index (κ2) is 7.01. The number of carbonyl (C=O) groups excluding carboxylic acids is 1. The molecule has 0 aromatic rings. The van der Waals surface area contributed by atoms with E-state index >= 15 is 0 Å². The van der Waals surface area contributed by atoms with Gasteiger partial charge in [0.25, 0.3) is 0 Å². The SMILES string of the molecule is O=CCC1(CCO)CCN(CC2C=CC=CC2)CC1. The van der Waals surface area contributed by atoms with Crippen LogP contribution in [-0.2, 0) is 4.79 Å². The van der Waals surface area contributed by atoms with Gasteiger partial charge in [0.2, 0.25) is 0 Å². The Morgan fingerprint density at radius 3 is 2.68 bits per heavy atom. The molecule has 1 N–H and O–H groups in total. The number of nitrogens with zero attached hydrogens (tertiary/aromatic N) is 1. The highest BCUT2D eigenvalue weighted by Gasteiger charge is 2.33. The minimum absolute atomic E-state index is 0.0648. The zero-order chi connectivity index (χ0) is 13.6. The maximum absolute atomic E-state index is 10.8. The van der Waals surface area contributed by atoms with E-state index in [0.29, 0.717) is 12.3 Å². The molecule has 0 amide bonds. The highest BCUT2D eigenvalue weighted by molar-refractivity contribution is 5.50. The van der Waals surface area contributed by atoms with Gasteiger partial charge in [-0.1, -0.05) is 24.3 Å². The van der Waals surface area contributed by atoms with Gasteiger partial charge < -0.3 is 14.8 Å². The standard InChI is InChI=1S/C16H25NO2/c18-12-8-16(9-13-19)6-10-17(11-7-16)14-15-4-2-1-3-5-15/h1-4,12,15,19H,5-11,13-14H2. The van der Waals surface area contributed by atoms with Crippen LogP contribution in [0.15, 0.2) is 24.3 Å². The predicted octanol–water partition coefficient (Wildman–Crippen LogP) is 2.17. The molecule has 1 aliphatic heterocycles. The third kappa shape index (κ3) is 4.02. The molecule has 0 bridgehead atoms. The van der Waals surface area contributed by atoms with Crippen molar-refractivity contribution in [3.63, 3.8) is 0 Å². The Kier molecular flexibility index (Phi) is 5.34. The van der Waals surface area contributed by atoms with E-state index in [0.717, 1.165) is 51.6 Å². The summed E-state index contributed by atoms with van der Waals surface area (Å²) in [5, 5.41) is 9.19. The summed E-state index contributed by atoms with van der Waals surface area (Å²) >= 11 is 0. The summed E-state index contributed by atoms with van der Waals surface area (Å²) in [6, 6.07) is 0. The molecule has 2 aliphatic rings. The lowest BCUT2D eigenvalue weighted by atomic mass is 9.73. The van der Waals surface area contributed by atoms with Crippen molar-refractivity contribution in [2.24, 2.45) is 11.3 Å². The minimum atomic E-state index is 0.0648. The molecule has 0 saturated carbocycles. The van der Waals surface area contributed by atoms with Gasteiger partial charge in [0.05, 0.1) is 0 Å². The summed E-state index contributed by atoms with van der Waals surface area (Å²) in [6.45, 7) is 3.44. The largest absolute Gasteiger partial charge is 0.396 e. The fourth-order valence-electron chi connectivity index (χ4n) is 3.28. The quantitative estimate of drug-likeness (QED) is 0.747. The van der Waals surface area contributed by atoms with Gasteiger partial charge in [0, 0.05) is 19.6 Å². The van der Waals surface area contributed by atoms with Crippen LogP contribution in [0.4, 0.5) is 0 Å². The molecule has 0 aromatic carbocycles. The number of hydrogen-bond acceptors (Lipinski definition) is 3. The minimum Gasteiger partial charge on any atom is -0.396 e. The van der Waals surface area contributed by atoms with Gasteiger partial charge in [0.15, 0.2) is 0 Å². The maximum atomic E-state index is 10.8. The topological polar surface area (TPSA) is 40.5 Å². The van der Waals surface area contributed by atoms with E-state index < -0.39 is 0 Å². The lowest BCUT2D eigenvalue weighted by Gasteiger charge is -2.41. The van der Waals surface area contributed by atoms with Crippen molar-refractivity contribution in [1.29, 1.82) is 0 Å². The van der Waals surface area contributed by atoms with Crippen LogP contribution in [0.25, 0.3) is 0 Å². The monoisotopic (exact) mass is 263 g/mol. The zero-order valence-corrected chi connectivity index (χ0v) is 11.6. The van der Waals surface area contributed by atoms with Crippen molar-refractivity contribution in [3.05, 3.63) is 24.3 Å². The van der Waals surface area contributed by atoms with Crippen molar-refractivity contribution >= 4 is 6.29 Å². The highest BCUT2D eigenvalue weighted by atomic mass is 16.3. The van der Waals surface area contributed by atoms with Crippen LogP contribution < -0.4 is 0 Å². The van der Waals surface area contributed by atoms with Crippen molar-refractivity contribution < 1.29 is 9.90 Å². The Hall–Kier alpha value is -0.930. The van der Waals surface area contributed by atoms with Gasteiger partial charge in [-0.25, -0.2) is 0 Å². The fourth-order valence-corrected chi connectivity index (χ4v) is 3.28. The second-order valence-electron chi connectivity index (χ2n) is 5.95. The molecule has 1 fully saturated rings. The third-order valence-electron chi connectivity index (χ3n) is 4.64. The molecule has 1 aliphatic carbocycles. The van der Waals surface area contributed by atoms with Gasteiger partial charge in [0.1, 0.15) is 6.29 Å². The molecule has 106 valence electrons. The van der Waals surface area contributed by atoms with E-state index in [1.807, 2.05) is 0 Å². The van der Waals surface area contributed by atoms with Crippen LogP contribution in [0.1, 0.15) is 32.1 Å². The van der Waals surface area contributed by atoms with Crippen molar-refractivity contribution in [1.82, 2.24) is 4.90 Å². The number of aliphatic hydroxyl groups is 1. The van der Waals surface area contributed by atoms with E-state index in [4.69, 9.17) is 0 Å². The first-order valence-electron chi connectivity index (χ1n) is 7.38. The van der Waals surface area contributed by atoms with Crippen molar-refractivity contribution in [2.45, 2.75) is 32.1 Å². The molecule has 2 rings (SSSR count). The molecular formula is C16H25NO2. The highest BCUT2D eigenvalue weighted by Crippen LogP contribution is 2.37. The number of hydrogen-bond donors (Lipinski definition) is 1. The molecule has 3 nitrogen and oxygen atoms in total. The van der Waals surface area contributed by atoms with Crippen molar-refractivity contribution in [3.8, 4) is 0 Å². The van der Waals surface area contributed by atoms with Gasteiger partial charge >= 0.3 is 0 Å². The normalized spacial score (nSPS) is 26.5. The van der Waals surface area contributed by atoms with E-state index in [9.17, 15) is 9.90 Å². The number of aldehydes is 1. The van der Waals surface area contributed by atoms with E-state index in [1.165, 1.54) is 0 Å². The Morgan fingerprint density at radius 1 is 1.32 bits per heavy atom. The Labute approximate surface area is 116 Å². The Balaban J connectivity index is 1.81. The summed E-state index contributed by atoms with van der Waals surface area (Å²) in [6.07, 6.45) is 14.4. The molecule has 0 aromatic heterocycles. The summed E-state index contributed by atoms with van der Waals surface area (Å²) in [5.74, 6) is 0.640. The molecule has 1 unspecified atom stereocenters. The van der Waals surface area contributed by atoms with Crippen LogP contribution in [0.5, 0.6) is 0 Å². The van der Waals surface area contributed by atoms with Gasteiger partial charge in [-0.2, -0.15) is 0 Å². The van der Waals surface area contributed by atoms with Crippen LogP contribution in [0.3, 0.4) is 0 Å². The molecule has 0 radical (unpaired) electrons. The third-order valence-corrected chi connectivity index (χ3v) is 4.64.